The summed E-state index contributed by atoms with van der Waals surface area (Å²) in [5.74, 6) is -0.196. The van der Waals surface area contributed by atoms with E-state index in [4.69, 9.17) is 32.7 Å². The van der Waals surface area contributed by atoms with Crippen molar-refractivity contribution in [3.05, 3.63) is 117 Å². The maximum Gasteiger partial charge on any atom is 0.414 e. The second-order valence-electron chi connectivity index (χ2n) is 12.0. The molecule has 2 aliphatic rings. The van der Waals surface area contributed by atoms with Crippen molar-refractivity contribution in [2.75, 3.05) is 22.9 Å². The first-order valence-corrected chi connectivity index (χ1v) is 16.4. The summed E-state index contributed by atoms with van der Waals surface area (Å²) in [7, 11) is 0. The molecule has 13 heteroatoms. The van der Waals surface area contributed by atoms with Gasteiger partial charge in [-0.1, -0.05) is 23.2 Å². The van der Waals surface area contributed by atoms with Crippen LogP contribution < -0.4 is 9.80 Å². The second-order valence-corrected chi connectivity index (χ2v) is 12.8. The highest BCUT2D eigenvalue weighted by atomic mass is 35.5. The van der Waals surface area contributed by atoms with Gasteiger partial charge in [-0.3, -0.25) is 19.6 Å². The molecule has 1 unspecified atom stereocenters. The van der Waals surface area contributed by atoms with E-state index in [-0.39, 0.29) is 24.5 Å². The van der Waals surface area contributed by atoms with E-state index in [0.717, 1.165) is 35.7 Å². The lowest BCUT2D eigenvalue weighted by atomic mass is 9.98. The van der Waals surface area contributed by atoms with Gasteiger partial charge in [-0.05, 0) is 104 Å². The monoisotopic (exact) mass is 714 g/mol. The summed E-state index contributed by atoms with van der Waals surface area (Å²) in [5, 5.41) is 1.24. The summed E-state index contributed by atoms with van der Waals surface area (Å²) in [6.45, 7) is 6.26. The summed E-state index contributed by atoms with van der Waals surface area (Å²) in [4.78, 5) is 37.0. The predicted octanol–water partition coefficient (Wildman–Crippen LogP) is 8.27. The Morgan fingerprint density at radius 2 is 1.16 bits per heavy atom. The van der Waals surface area contributed by atoms with E-state index in [1.54, 1.807) is 58.6 Å². The van der Waals surface area contributed by atoms with Crippen molar-refractivity contribution in [3.8, 4) is 0 Å². The molecule has 0 radical (unpaired) electrons. The van der Waals surface area contributed by atoms with Crippen LogP contribution in [0.25, 0.3) is 0 Å². The molecule has 2 amide bonds. The number of halogens is 5. The van der Waals surface area contributed by atoms with Gasteiger partial charge >= 0.3 is 6.18 Å². The van der Waals surface area contributed by atoms with Gasteiger partial charge < -0.3 is 19.3 Å². The average Bonchev–Trinajstić information content (AvgIpc) is 3.06. The maximum atomic E-state index is 12.7. The molecule has 2 aromatic carbocycles. The number of carbonyl (C=O) groups is 2. The standard InChI is InChI=1S/C18H16ClF3N2O2.C18H19ClN2O2/c1-11(18(20,21)22)26-10-12-6-15(9-23-8-12)24-5-4-13-7-14(19)2-3-16(13)17(24)25;1-12(2)23-11-13-7-16(10-20-9-13)21-6-5-14-8-15(19)3-4-17(14)18(21)22/h2-3,6-9,11H,4-5,10H2,1H3;3-4,7-10,12H,5-6,11H2,1-2H3. The van der Waals surface area contributed by atoms with E-state index in [1.165, 1.54) is 12.4 Å². The SMILES string of the molecule is CC(C)OCc1cncc(N2CCc3cc(Cl)ccc3C2=O)c1.CC(OCc1cncc(N2CCc3cc(Cl)ccc3C2=O)c1)C(F)(F)F. The summed E-state index contributed by atoms with van der Waals surface area (Å²) >= 11 is 12.0. The molecule has 0 bridgehead atoms. The van der Waals surface area contributed by atoms with Crippen LogP contribution in [0, 0.1) is 0 Å². The first kappa shape index (κ1) is 36.3. The van der Waals surface area contributed by atoms with Gasteiger partial charge in [0, 0.05) is 46.7 Å². The van der Waals surface area contributed by atoms with Gasteiger partial charge in [-0.2, -0.15) is 13.2 Å². The molecule has 49 heavy (non-hydrogen) atoms. The molecule has 4 aromatic rings. The number of carbonyl (C=O) groups excluding carboxylic acids is 2. The van der Waals surface area contributed by atoms with Crippen molar-refractivity contribution in [2.45, 2.75) is 65.2 Å². The second kappa shape index (κ2) is 15.7. The first-order valence-electron chi connectivity index (χ1n) is 15.7. The third kappa shape index (κ3) is 9.16. The van der Waals surface area contributed by atoms with E-state index in [0.29, 0.717) is 58.5 Å². The summed E-state index contributed by atoms with van der Waals surface area (Å²) in [5.41, 5.74) is 5.92. The highest BCUT2D eigenvalue weighted by Crippen LogP contribution is 2.29. The number of hydrogen-bond acceptors (Lipinski definition) is 6. The molecule has 4 heterocycles. The van der Waals surface area contributed by atoms with Crippen LogP contribution in [0.4, 0.5) is 24.5 Å². The Morgan fingerprint density at radius 3 is 1.59 bits per heavy atom. The molecule has 2 aromatic heterocycles. The molecule has 8 nitrogen and oxygen atoms in total. The van der Waals surface area contributed by atoms with Crippen LogP contribution in [0.15, 0.2) is 73.3 Å². The number of pyridine rings is 2. The number of fused-ring (bicyclic) bond motifs is 2. The van der Waals surface area contributed by atoms with Crippen LogP contribution in [0.3, 0.4) is 0 Å². The molecule has 0 fully saturated rings. The molecule has 258 valence electrons. The number of alkyl halides is 3. The number of ether oxygens (including phenoxy) is 2. The van der Waals surface area contributed by atoms with Gasteiger partial charge in [-0.15, -0.1) is 0 Å². The molecule has 6 rings (SSSR count). The Balaban J connectivity index is 0.000000192. The zero-order valence-corrected chi connectivity index (χ0v) is 28.6. The topological polar surface area (TPSA) is 84.9 Å². The molecule has 0 spiro atoms. The molecular weight excluding hydrogens is 680 g/mol. The Kier molecular flexibility index (Phi) is 11.6. The number of benzene rings is 2. The Labute approximate surface area is 292 Å². The third-order valence-corrected chi connectivity index (χ3v) is 8.49. The fraction of sp³-hybridized carbons (Fsp3) is 0.333. The van der Waals surface area contributed by atoms with Crippen LogP contribution in [0.1, 0.15) is 63.7 Å². The van der Waals surface area contributed by atoms with Crippen molar-refractivity contribution in [3.63, 3.8) is 0 Å². The smallest absolute Gasteiger partial charge is 0.374 e. The van der Waals surface area contributed by atoms with Gasteiger partial charge in [0.15, 0.2) is 6.10 Å². The van der Waals surface area contributed by atoms with Crippen molar-refractivity contribution < 1.29 is 32.2 Å². The van der Waals surface area contributed by atoms with Crippen LogP contribution in [0.2, 0.25) is 10.0 Å². The van der Waals surface area contributed by atoms with Gasteiger partial charge in [0.25, 0.3) is 11.8 Å². The Morgan fingerprint density at radius 1 is 0.714 bits per heavy atom. The zero-order valence-electron chi connectivity index (χ0n) is 27.1. The minimum Gasteiger partial charge on any atom is -0.374 e. The molecule has 2 aliphatic heterocycles. The summed E-state index contributed by atoms with van der Waals surface area (Å²) in [6.07, 6.45) is 1.71. The number of aromatic nitrogens is 2. The molecule has 0 aliphatic carbocycles. The minimum absolute atomic E-state index is 0.00774. The van der Waals surface area contributed by atoms with E-state index >= 15 is 0 Å². The fourth-order valence-electron chi connectivity index (χ4n) is 5.39. The van der Waals surface area contributed by atoms with Gasteiger partial charge in [0.1, 0.15) is 0 Å². The van der Waals surface area contributed by atoms with Crippen molar-refractivity contribution >= 4 is 46.4 Å². The minimum atomic E-state index is -4.42. The molecule has 0 saturated heterocycles. The van der Waals surface area contributed by atoms with Gasteiger partial charge in [0.2, 0.25) is 0 Å². The number of anilines is 2. The van der Waals surface area contributed by atoms with Crippen LogP contribution in [-0.2, 0) is 35.5 Å². The third-order valence-electron chi connectivity index (χ3n) is 8.02. The van der Waals surface area contributed by atoms with Crippen LogP contribution in [-0.4, -0.2) is 53.3 Å². The lowest BCUT2D eigenvalue weighted by molar-refractivity contribution is -0.217. The number of hydrogen-bond donors (Lipinski definition) is 0. The van der Waals surface area contributed by atoms with E-state index in [1.807, 2.05) is 26.0 Å². The lowest BCUT2D eigenvalue weighted by Gasteiger charge is -2.28. The van der Waals surface area contributed by atoms with E-state index < -0.39 is 12.3 Å². The highest BCUT2D eigenvalue weighted by molar-refractivity contribution is 6.31. The van der Waals surface area contributed by atoms with Crippen molar-refractivity contribution in [2.24, 2.45) is 0 Å². The van der Waals surface area contributed by atoms with Crippen LogP contribution >= 0.6 is 23.2 Å². The molecule has 0 saturated carbocycles. The Bertz CT molecular complexity index is 1820. The molecule has 1 atom stereocenters. The lowest BCUT2D eigenvalue weighted by Crippen LogP contribution is -2.37. The van der Waals surface area contributed by atoms with Crippen LogP contribution in [0.5, 0.6) is 0 Å². The molecular formula is C36H35Cl2F3N4O4. The first-order chi connectivity index (χ1) is 23.3. The zero-order chi connectivity index (χ0) is 35.3. The number of nitrogens with zero attached hydrogens (tertiary/aromatic N) is 4. The normalized spacial score (nSPS) is 15.0. The van der Waals surface area contributed by atoms with E-state index in [9.17, 15) is 22.8 Å². The summed E-state index contributed by atoms with van der Waals surface area (Å²) in [6, 6.07) is 14.1. The molecule has 0 N–H and O–H groups in total. The number of amides is 2. The number of rotatable bonds is 8. The van der Waals surface area contributed by atoms with Crippen molar-refractivity contribution in [1.82, 2.24) is 9.97 Å². The Hall–Kier alpha value is -4.03. The maximum absolute atomic E-state index is 12.7. The predicted molar refractivity (Wildman–Crippen MR) is 182 cm³/mol. The van der Waals surface area contributed by atoms with E-state index in [2.05, 4.69) is 9.97 Å². The largest absolute Gasteiger partial charge is 0.414 e. The van der Waals surface area contributed by atoms with Gasteiger partial charge in [-0.25, -0.2) is 0 Å². The van der Waals surface area contributed by atoms with Crippen molar-refractivity contribution in [1.29, 1.82) is 0 Å². The average molecular weight is 716 g/mol. The summed E-state index contributed by atoms with van der Waals surface area (Å²) < 4.78 is 48.1. The fourth-order valence-corrected chi connectivity index (χ4v) is 5.78. The quantitative estimate of drug-likeness (QED) is 0.183. The van der Waals surface area contributed by atoms with Gasteiger partial charge in [0.05, 0.1) is 43.1 Å². The highest BCUT2D eigenvalue weighted by Gasteiger charge is 2.37.